The van der Waals surface area contributed by atoms with Crippen molar-refractivity contribution in [3.63, 3.8) is 0 Å². The van der Waals surface area contributed by atoms with E-state index < -0.39 is 0 Å². The molecule has 0 aliphatic rings. The number of carbonyl (C=O) groups is 2. The Hall–Kier alpha value is -1.84. The molecule has 0 heterocycles. The number of amides is 1. The Morgan fingerprint density at radius 2 is 1.73 bits per heavy atom. The standard InChI is InChI=1S/C18H27NO3/c1-13(2)19(12-15(4)18(21)22-5)17(20)11-10-16-8-6-14(3)7-9-16/h6-9,13,15H,10-12H2,1-5H3. The van der Waals surface area contributed by atoms with E-state index in [0.29, 0.717) is 13.0 Å². The number of methoxy groups -OCH3 is 1. The van der Waals surface area contributed by atoms with Gasteiger partial charge in [0.05, 0.1) is 13.0 Å². The lowest BCUT2D eigenvalue weighted by Crippen LogP contribution is -2.41. The first-order valence-corrected chi connectivity index (χ1v) is 7.78. The van der Waals surface area contributed by atoms with Gasteiger partial charge in [0, 0.05) is 19.0 Å². The van der Waals surface area contributed by atoms with Gasteiger partial charge in [0.1, 0.15) is 0 Å². The molecule has 1 atom stereocenters. The highest BCUT2D eigenvalue weighted by molar-refractivity contribution is 5.78. The van der Waals surface area contributed by atoms with Crippen molar-refractivity contribution in [1.82, 2.24) is 4.90 Å². The fraction of sp³-hybridized carbons (Fsp3) is 0.556. The van der Waals surface area contributed by atoms with E-state index in [2.05, 4.69) is 24.3 Å². The average Bonchev–Trinajstić information content (AvgIpc) is 2.50. The first-order chi connectivity index (χ1) is 10.3. The summed E-state index contributed by atoms with van der Waals surface area (Å²) < 4.78 is 4.74. The third-order valence-corrected chi connectivity index (χ3v) is 3.77. The predicted molar refractivity (Wildman–Crippen MR) is 87.5 cm³/mol. The van der Waals surface area contributed by atoms with Crippen LogP contribution < -0.4 is 0 Å². The van der Waals surface area contributed by atoms with Crippen LogP contribution in [0.1, 0.15) is 38.3 Å². The van der Waals surface area contributed by atoms with E-state index in [1.165, 1.54) is 12.7 Å². The molecule has 22 heavy (non-hydrogen) atoms. The van der Waals surface area contributed by atoms with Gasteiger partial charge in [0.25, 0.3) is 0 Å². The molecule has 4 nitrogen and oxygen atoms in total. The van der Waals surface area contributed by atoms with Crippen molar-refractivity contribution in [3.05, 3.63) is 35.4 Å². The molecule has 0 saturated heterocycles. The molecule has 1 rings (SSSR count). The van der Waals surface area contributed by atoms with Crippen molar-refractivity contribution in [2.75, 3.05) is 13.7 Å². The van der Waals surface area contributed by atoms with E-state index in [0.717, 1.165) is 12.0 Å². The van der Waals surface area contributed by atoms with Gasteiger partial charge in [-0.05, 0) is 32.8 Å². The molecular formula is C18H27NO3. The number of nitrogens with zero attached hydrogens (tertiary/aromatic N) is 1. The Morgan fingerprint density at radius 1 is 1.14 bits per heavy atom. The molecule has 122 valence electrons. The first kappa shape index (κ1) is 18.2. The van der Waals surface area contributed by atoms with Crippen LogP contribution in [0.15, 0.2) is 24.3 Å². The van der Waals surface area contributed by atoms with E-state index in [-0.39, 0.29) is 23.8 Å². The number of hydrogen-bond donors (Lipinski definition) is 0. The van der Waals surface area contributed by atoms with Gasteiger partial charge >= 0.3 is 5.97 Å². The van der Waals surface area contributed by atoms with Crippen molar-refractivity contribution in [3.8, 4) is 0 Å². The zero-order chi connectivity index (χ0) is 16.7. The van der Waals surface area contributed by atoms with E-state index >= 15 is 0 Å². The molecular weight excluding hydrogens is 278 g/mol. The Bertz CT molecular complexity index is 494. The lowest BCUT2D eigenvalue weighted by atomic mass is 10.1. The minimum atomic E-state index is -0.310. The van der Waals surface area contributed by atoms with Crippen molar-refractivity contribution in [2.45, 2.75) is 46.6 Å². The minimum absolute atomic E-state index is 0.0672. The van der Waals surface area contributed by atoms with Crippen LogP contribution in [-0.4, -0.2) is 36.5 Å². The van der Waals surface area contributed by atoms with Gasteiger partial charge < -0.3 is 9.64 Å². The molecule has 0 fully saturated rings. The number of hydrogen-bond acceptors (Lipinski definition) is 3. The molecule has 1 unspecified atom stereocenters. The van der Waals surface area contributed by atoms with Crippen LogP contribution in [0.5, 0.6) is 0 Å². The second-order valence-corrected chi connectivity index (χ2v) is 6.05. The maximum absolute atomic E-state index is 12.4. The van der Waals surface area contributed by atoms with Gasteiger partial charge in [-0.2, -0.15) is 0 Å². The van der Waals surface area contributed by atoms with Crippen LogP contribution in [0, 0.1) is 12.8 Å². The van der Waals surface area contributed by atoms with Gasteiger partial charge in [0.15, 0.2) is 0 Å². The zero-order valence-corrected chi connectivity index (χ0v) is 14.3. The second-order valence-electron chi connectivity index (χ2n) is 6.05. The zero-order valence-electron chi connectivity index (χ0n) is 14.3. The monoisotopic (exact) mass is 305 g/mol. The van der Waals surface area contributed by atoms with Gasteiger partial charge in [-0.25, -0.2) is 0 Å². The van der Waals surface area contributed by atoms with Crippen LogP contribution >= 0.6 is 0 Å². The summed E-state index contributed by atoms with van der Waals surface area (Å²) in [5.41, 5.74) is 2.37. The number of rotatable bonds is 7. The van der Waals surface area contributed by atoms with Crippen LogP contribution in [0.25, 0.3) is 0 Å². The molecule has 0 radical (unpaired) electrons. The van der Waals surface area contributed by atoms with Crippen LogP contribution in [0.3, 0.4) is 0 Å². The fourth-order valence-corrected chi connectivity index (χ4v) is 2.32. The maximum atomic E-state index is 12.4. The second kappa shape index (κ2) is 8.57. The first-order valence-electron chi connectivity index (χ1n) is 7.78. The molecule has 0 saturated carbocycles. The highest BCUT2D eigenvalue weighted by atomic mass is 16.5. The van der Waals surface area contributed by atoms with E-state index in [9.17, 15) is 9.59 Å². The normalized spacial score (nSPS) is 12.1. The number of esters is 1. The number of carbonyl (C=O) groups excluding carboxylic acids is 2. The third kappa shape index (κ3) is 5.51. The number of benzene rings is 1. The van der Waals surface area contributed by atoms with Crippen molar-refractivity contribution < 1.29 is 14.3 Å². The fourth-order valence-electron chi connectivity index (χ4n) is 2.32. The molecule has 4 heteroatoms. The van der Waals surface area contributed by atoms with Crippen molar-refractivity contribution >= 4 is 11.9 Å². The molecule has 0 aliphatic heterocycles. The van der Waals surface area contributed by atoms with E-state index in [1.54, 1.807) is 11.8 Å². The van der Waals surface area contributed by atoms with E-state index in [1.807, 2.05) is 20.8 Å². The predicted octanol–water partition coefficient (Wildman–Crippen LogP) is 2.97. The summed E-state index contributed by atoms with van der Waals surface area (Å²) >= 11 is 0. The highest BCUT2D eigenvalue weighted by Gasteiger charge is 2.23. The summed E-state index contributed by atoms with van der Waals surface area (Å²) in [6.45, 7) is 8.16. The highest BCUT2D eigenvalue weighted by Crippen LogP contribution is 2.11. The average molecular weight is 305 g/mol. The Balaban J connectivity index is 2.61. The third-order valence-electron chi connectivity index (χ3n) is 3.77. The largest absolute Gasteiger partial charge is 0.469 e. The summed E-state index contributed by atoms with van der Waals surface area (Å²) in [6, 6.07) is 8.29. The Morgan fingerprint density at radius 3 is 2.23 bits per heavy atom. The summed E-state index contributed by atoms with van der Waals surface area (Å²) in [5, 5.41) is 0. The number of ether oxygens (including phenoxy) is 1. The van der Waals surface area contributed by atoms with Crippen LogP contribution in [0.4, 0.5) is 0 Å². The van der Waals surface area contributed by atoms with Crippen LogP contribution in [-0.2, 0) is 20.7 Å². The number of aryl methyl sites for hydroxylation is 2. The molecule has 1 aromatic carbocycles. The topological polar surface area (TPSA) is 46.6 Å². The lowest BCUT2D eigenvalue weighted by Gasteiger charge is -2.29. The smallest absolute Gasteiger partial charge is 0.310 e. The SMILES string of the molecule is COC(=O)C(C)CN(C(=O)CCc1ccc(C)cc1)C(C)C. The molecule has 0 bridgehead atoms. The molecule has 1 amide bonds. The van der Waals surface area contributed by atoms with Crippen molar-refractivity contribution in [1.29, 1.82) is 0 Å². The molecule has 0 N–H and O–H groups in total. The molecule has 0 aliphatic carbocycles. The molecule has 0 spiro atoms. The Kier molecular flexibility index (Phi) is 7.09. The van der Waals surface area contributed by atoms with Gasteiger partial charge in [-0.1, -0.05) is 36.8 Å². The van der Waals surface area contributed by atoms with Gasteiger partial charge in [-0.3, -0.25) is 9.59 Å². The summed E-state index contributed by atoms with van der Waals surface area (Å²) in [5.74, 6) is -0.515. The molecule has 0 aromatic heterocycles. The Labute approximate surface area is 133 Å². The van der Waals surface area contributed by atoms with Gasteiger partial charge in [-0.15, -0.1) is 0 Å². The maximum Gasteiger partial charge on any atom is 0.310 e. The van der Waals surface area contributed by atoms with Crippen molar-refractivity contribution in [2.24, 2.45) is 5.92 Å². The van der Waals surface area contributed by atoms with Crippen LogP contribution in [0.2, 0.25) is 0 Å². The summed E-state index contributed by atoms with van der Waals surface area (Å²) in [7, 11) is 1.37. The minimum Gasteiger partial charge on any atom is -0.469 e. The van der Waals surface area contributed by atoms with E-state index in [4.69, 9.17) is 4.74 Å². The molecule has 1 aromatic rings. The van der Waals surface area contributed by atoms with Gasteiger partial charge in [0.2, 0.25) is 5.91 Å². The summed E-state index contributed by atoms with van der Waals surface area (Å²) in [6.07, 6.45) is 1.17. The quantitative estimate of drug-likeness (QED) is 0.728. The lowest BCUT2D eigenvalue weighted by molar-refractivity contribution is -0.146. The summed E-state index contributed by atoms with van der Waals surface area (Å²) in [4.78, 5) is 25.7.